The lowest BCUT2D eigenvalue weighted by atomic mass is 9.95. The average Bonchev–Trinajstić information content (AvgIpc) is 3.64. The topological polar surface area (TPSA) is 131 Å². The molecule has 3 fully saturated rings. The Labute approximate surface area is 310 Å². The lowest BCUT2D eigenvalue weighted by Gasteiger charge is -2.37. The molecule has 286 valence electrons. The number of ether oxygens (including phenoxy) is 4. The number of anilines is 1. The number of aliphatic hydroxyl groups excluding tert-OH is 1. The largest absolute Gasteiger partial charge is 0.468 e. The van der Waals surface area contributed by atoms with E-state index in [1.54, 1.807) is 31.7 Å². The summed E-state index contributed by atoms with van der Waals surface area (Å²) in [5.41, 5.74) is -1.56. The Balaban J connectivity index is 1.35. The number of β-amino-alcohol motifs (C(OH)–C–C–N with tert-alkyl or cyclic N) is 1. The minimum absolute atomic E-state index is 0.0802. The Bertz CT molecular complexity index is 2130. The van der Waals surface area contributed by atoms with Crippen molar-refractivity contribution >= 4 is 33.6 Å². The number of hydrogen-bond donors (Lipinski definition) is 2. The minimum atomic E-state index is -0.992. The number of nitrogens with one attached hydrogen (secondary N) is 1. The number of fused-ring (bicyclic) bond motifs is 3. The number of aromatic nitrogens is 3. The van der Waals surface area contributed by atoms with Crippen LogP contribution < -0.4 is 19.7 Å². The molecule has 0 unspecified atom stereocenters. The Morgan fingerprint density at radius 2 is 1.98 bits per heavy atom. The molecule has 4 atom stereocenters. The number of halogens is 3. The number of alkyl carbamates (subject to hydrolysis) is 1. The van der Waals surface area contributed by atoms with Crippen molar-refractivity contribution in [3.8, 4) is 35.4 Å². The van der Waals surface area contributed by atoms with Gasteiger partial charge in [0, 0.05) is 50.3 Å². The third-order valence-corrected chi connectivity index (χ3v) is 10.1. The van der Waals surface area contributed by atoms with E-state index in [2.05, 4.69) is 26.1 Å². The van der Waals surface area contributed by atoms with E-state index in [-0.39, 0.29) is 77.8 Å². The summed E-state index contributed by atoms with van der Waals surface area (Å²) in [5, 5.41) is 14.7. The second-order valence-electron chi connectivity index (χ2n) is 15.2. The van der Waals surface area contributed by atoms with Crippen LogP contribution >= 0.6 is 0 Å². The van der Waals surface area contributed by atoms with Gasteiger partial charge in [-0.05, 0) is 70.2 Å². The maximum absolute atomic E-state index is 17.2. The average molecular weight is 749 g/mol. The predicted molar refractivity (Wildman–Crippen MR) is 195 cm³/mol. The Morgan fingerprint density at radius 3 is 2.74 bits per heavy atom. The Kier molecular flexibility index (Phi) is 10.2. The first kappa shape index (κ1) is 37.4. The molecule has 2 aromatic carbocycles. The summed E-state index contributed by atoms with van der Waals surface area (Å²) in [5.74, 6) is 1.36. The zero-order valence-corrected chi connectivity index (χ0v) is 30.6. The van der Waals surface area contributed by atoms with Crippen molar-refractivity contribution in [3.05, 3.63) is 47.7 Å². The highest BCUT2D eigenvalue weighted by molar-refractivity contribution is 6.03. The summed E-state index contributed by atoms with van der Waals surface area (Å²) in [4.78, 5) is 30.3. The molecular weight excluding hydrogens is 705 g/mol. The number of benzene rings is 2. The first-order valence-electron chi connectivity index (χ1n) is 17.9. The zero-order chi connectivity index (χ0) is 38.4. The number of methoxy groups -OCH3 is 1. The lowest BCUT2D eigenvalue weighted by Crippen LogP contribution is -2.53. The van der Waals surface area contributed by atoms with Crippen molar-refractivity contribution < 1.29 is 42.0 Å². The quantitative estimate of drug-likeness (QED) is 0.166. The van der Waals surface area contributed by atoms with Gasteiger partial charge in [-0.1, -0.05) is 12.0 Å². The SMILES string of the molecule is C#Cc1c(F)ccc2cc(OCOC)cc(-c3ncc4c(N5C[C@@H](O)C[C@@H](NC(=O)OC(C)(C)C)C5)nc(OC[C@@]56CCCN5C[C@H](F)C6)nc4c3F)c12. The molecule has 3 saturated heterocycles. The first-order valence-corrected chi connectivity index (χ1v) is 17.9. The van der Waals surface area contributed by atoms with E-state index in [4.69, 9.17) is 30.4 Å². The van der Waals surface area contributed by atoms with E-state index in [0.717, 1.165) is 19.4 Å². The minimum Gasteiger partial charge on any atom is -0.468 e. The molecule has 0 aliphatic carbocycles. The molecule has 1 amide bonds. The molecule has 3 aliphatic rings. The number of piperidine rings is 1. The van der Waals surface area contributed by atoms with Gasteiger partial charge in [-0.3, -0.25) is 9.88 Å². The molecule has 5 heterocycles. The van der Waals surface area contributed by atoms with Gasteiger partial charge in [0.1, 0.15) is 47.0 Å². The first-order chi connectivity index (χ1) is 25.8. The van der Waals surface area contributed by atoms with Gasteiger partial charge in [0.25, 0.3) is 0 Å². The van der Waals surface area contributed by atoms with E-state index >= 15 is 8.78 Å². The number of pyridine rings is 1. The number of terminal acetylenes is 1. The highest BCUT2D eigenvalue weighted by atomic mass is 19.1. The molecule has 7 rings (SSSR count). The van der Waals surface area contributed by atoms with Gasteiger partial charge >= 0.3 is 12.1 Å². The molecule has 0 radical (unpaired) electrons. The Morgan fingerprint density at radius 1 is 1.17 bits per heavy atom. The third kappa shape index (κ3) is 7.42. The summed E-state index contributed by atoms with van der Waals surface area (Å²) in [6.07, 6.45) is 6.79. The van der Waals surface area contributed by atoms with Gasteiger partial charge in [0.05, 0.1) is 28.6 Å². The van der Waals surface area contributed by atoms with Crippen LogP contribution in [0.2, 0.25) is 0 Å². The molecule has 0 saturated carbocycles. The van der Waals surface area contributed by atoms with Crippen molar-refractivity contribution in [2.75, 3.05) is 51.6 Å². The van der Waals surface area contributed by atoms with Gasteiger partial charge < -0.3 is 34.3 Å². The van der Waals surface area contributed by atoms with Crippen LogP contribution in [0.25, 0.3) is 32.9 Å². The number of carbonyl (C=O) groups is 1. The number of alkyl halides is 1. The van der Waals surface area contributed by atoms with E-state index in [9.17, 15) is 14.3 Å². The number of rotatable bonds is 9. The lowest BCUT2D eigenvalue weighted by molar-refractivity contribution is 0.0473. The van der Waals surface area contributed by atoms with Crippen LogP contribution in [0, 0.1) is 24.0 Å². The van der Waals surface area contributed by atoms with Crippen LogP contribution in [0.5, 0.6) is 11.8 Å². The molecule has 2 N–H and O–H groups in total. The monoisotopic (exact) mass is 748 g/mol. The fourth-order valence-electron chi connectivity index (χ4n) is 7.94. The normalized spacial score (nSPS) is 23.0. The van der Waals surface area contributed by atoms with Gasteiger partial charge in [-0.2, -0.15) is 9.97 Å². The van der Waals surface area contributed by atoms with Crippen molar-refractivity contribution in [1.82, 2.24) is 25.2 Å². The molecule has 12 nitrogen and oxygen atoms in total. The maximum atomic E-state index is 17.2. The number of amides is 1. The number of hydrogen-bond acceptors (Lipinski definition) is 11. The molecule has 0 bridgehead atoms. The molecule has 15 heteroatoms. The highest BCUT2D eigenvalue weighted by Crippen LogP contribution is 2.42. The van der Waals surface area contributed by atoms with E-state index in [1.165, 1.54) is 31.5 Å². The van der Waals surface area contributed by atoms with Gasteiger partial charge in [0.15, 0.2) is 12.6 Å². The molecule has 0 spiro atoms. The predicted octanol–water partition coefficient (Wildman–Crippen LogP) is 5.51. The van der Waals surface area contributed by atoms with Crippen LogP contribution in [0.4, 0.5) is 23.8 Å². The second-order valence-corrected chi connectivity index (χ2v) is 15.2. The molecule has 3 aliphatic heterocycles. The number of aliphatic hydroxyl groups is 1. The van der Waals surface area contributed by atoms with Crippen LogP contribution in [0.15, 0.2) is 30.5 Å². The standard InChI is InChI=1S/C39H43F3N6O6/c1-6-27-30(41)9-8-22-12-26(53-21-51-5)14-28(31(22)27)33-32(42)34-29(16-43-33)35(47-18-24(13-25(49)19-47)44-37(50)54-38(2,3)4)46-36(45-34)52-20-39-10-7-11-48(39)17-23(40)15-39/h1,8-9,12,14,16,23-25,49H,7,10-11,13,15,17-21H2,2-5H3,(H,44,50)/t23-,24-,25+,39+/m1/s1. The number of nitrogens with zero attached hydrogens (tertiary/aromatic N) is 5. The fraction of sp³-hybridized carbons (Fsp3) is 0.487. The van der Waals surface area contributed by atoms with Crippen molar-refractivity contribution in [2.24, 2.45) is 0 Å². The van der Waals surface area contributed by atoms with Crippen LogP contribution in [0.1, 0.15) is 52.0 Å². The third-order valence-electron chi connectivity index (χ3n) is 10.1. The molecule has 2 aromatic heterocycles. The summed E-state index contributed by atoms with van der Waals surface area (Å²) >= 11 is 0. The molecule has 54 heavy (non-hydrogen) atoms. The summed E-state index contributed by atoms with van der Waals surface area (Å²) in [6.45, 7) is 6.56. The molecule has 4 aromatic rings. The maximum Gasteiger partial charge on any atom is 0.407 e. The van der Waals surface area contributed by atoms with E-state index in [0.29, 0.717) is 24.1 Å². The van der Waals surface area contributed by atoms with Gasteiger partial charge in [-0.25, -0.2) is 18.0 Å². The Hall–Kier alpha value is -4.91. The fourth-order valence-corrected chi connectivity index (χ4v) is 7.94. The van der Waals surface area contributed by atoms with Gasteiger partial charge in [-0.15, -0.1) is 6.42 Å². The highest BCUT2D eigenvalue weighted by Gasteiger charge is 2.49. The summed E-state index contributed by atoms with van der Waals surface area (Å²) in [6, 6.07) is 5.18. The smallest absolute Gasteiger partial charge is 0.407 e. The molecular formula is C39H43F3N6O6. The van der Waals surface area contributed by atoms with Gasteiger partial charge in [0.2, 0.25) is 0 Å². The van der Waals surface area contributed by atoms with Crippen LogP contribution in [-0.2, 0) is 9.47 Å². The zero-order valence-electron chi connectivity index (χ0n) is 30.6. The van der Waals surface area contributed by atoms with E-state index < -0.39 is 47.2 Å². The van der Waals surface area contributed by atoms with Crippen molar-refractivity contribution in [3.63, 3.8) is 0 Å². The second kappa shape index (κ2) is 14.7. The van der Waals surface area contributed by atoms with E-state index in [1.807, 2.05) is 0 Å². The number of carbonyl (C=O) groups excluding carboxylic acids is 1. The summed E-state index contributed by atoms with van der Waals surface area (Å²) in [7, 11) is 1.46. The van der Waals surface area contributed by atoms with Crippen molar-refractivity contribution in [1.29, 1.82) is 0 Å². The van der Waals surface area contributed by atoms with Crippen LogP contribution in [0.3, 0.4) is 0 Å². The summed E-state index contributed by atoms with van der Waals surface area (Å²) < 4.78 is 69.4. The van der Waals surface area contributed by atoms with Crippen molar-refractivity contribution in [2.45, 2.75) is 75.9 Å². The van der Waals surface area contributed by atoms with Crippen LogP contribution in [-0.4, -0.2) is 107 Å².